The number of hydrogen-bond acceptors (Lipinski definition) is 3. The number of hydrogen-bond donors (Lipinski definition) is 3. The van der Waals surface area contributed by atoms with Gasteiger partial charge in [0.15, 0.2) is 0 Å². The van der Waals surface area contributed by atoms with Gasteiger partial charge in [-0.05, 0) is 54.7 Å². The second-order valence-corrected chi connectivity index (χ2v) is 7.97. The number of carbonyl (C=O) groups excluding carboxylic acids is 1. The molecule has 0 bridgehead atoms. The molecule has 1 heterocycles. The average Bonchev–Trinajstić information content (AvgIpc) is 3.12. The Labute approximate surface area is 182 Å². The third kappa shape index (κ3) is 4.65. The highest BCUT2D eigenvalue weighted by Gasteiger charge is 2.34. The molecule has 2 aromatic carbocycles. The summed E-state index contributed by atoms with van der Waals surface area (Å²) in [7, 11) is 0. The third-order valence-corrected chi connectivity index (χ3v) is 5.74. The molecule has 0 atom stereocenters. The van der Waals surface area contributed by atoms with Crippen LogP contribution in [0.15, 0.2) is 60.8 Å². The topological polar surface area (TPSA) is 74.4 Å². The first-order chi connectivity index (χ1) is 15.2. The van der Waals surface area contributed by atoms with Gasteiger partial charge in [0.2, 0.25) is 0 Å². The second-order valence-electron chi connectivity index (χ2n) is 7.97. The maximum atomic E-state index is 12.7. The van der Waals surface area contributed by atoms with Crippen LogP contribution in [0.3, 0.4) is 0 Å². The summed E-state index contributed by atoms with van der Waals surface area (Å²) in [5.74, 6) is 0.466. The number of aromatic nitrogens is 1. The summed E-state index contributed by atoms with van der Waals surface area (Å²) >= 11 is 0. The molecule has 168 valence electrons. The monoisotopic (exact) mass is 444 g/mol. The molecule has 0 unspecified atom stereocenters. The van der Waals surface area contributed by atoms with E-state index in [1.54, 1.807) is 6.20 Å². The minimum atomic E-state index is -4.33. The number of amides is 1. The van der Waals surface area contributed by atoms with Crippen LogP contribution in [0, 0.1) is 0 Å². The normalized spacial score (nSPS) is 18.2. The number of carbonyl (C=O) groups is 1. The fourth-order valence-electron chi connectivity index (χ4n) is 3.81. The average molecular weight is 444 g/mol. The number of halogens is 3. The summed E-state index contributed by atoms with van der Waals surface area (Å²) in [6, 6.07) is 10.8. The first kappa shape index (κ1) is 22.0. The highest BCUT2D eigenvalue weighted by atomic mass is 19.4. The van der Waals surface area contributed by atoms with Crippen LogP contribution in [0.25, 0.3) is 10.9 Å². The molecule has 3 N–H and O–H groups in total. The maximum Gasteiger partial charge on any atom is 0.416 e. The van der Waals surface area contributed by atoms with Gasteiger partial charge in [-0.15, -0.1) is 0 Å². The number of alkyl halides is 3. The van der Waals surface area contributed by atoms with Gasteiger partial charge in [0.05, 0.1) is 17.4 Å². The standard InChI is InChI=1S/C24H23F3N2O3/c1-14(8-9-30)23(31)29-22-13-28-21-7-6-18(12-20(21)22)32-19-10-16(11-19)15-2-4-17(5-3-15)24(25,26)27/h2-7,12-13,16,19,28,30H,1,8-11H2,(H,29,31)/t16-,19+. The lowest BCUT2D eigenvalue weighted by Crippen LogP contribution is -2.32. The predicted molar refractivity (Wildman–Crippen MR) is 116 cm³/mol. The van der Waals surface area contributed by atoms with Crippen LogP contribution in [0.5, 0.6) is 5.75 Å². The fraction of sp³-hybridized carbons (Fsp3) is 0.292. The summed E-state index contributed by atoms with van der Waals surface area (Å²) in [6.45, 7) is 3.52. The van der Waals surface area contributed by atoms with Gasteiger partial charge in [0.1, 0.15) is 5.75 Å². The Kier molecular flexibility index (Phi) is 5.97. The van der Waals surface area contributed by atoms with E-state index in [1.165, 1.54) is 12.1 Å². The van der Waals surface area contributed by atoms with E-state index in [0.29, 0.717) is 11.4 Å². The van der Waals surface area contributed by atoms with Crippen LogP contribution in [-0.2, 0) is 11.0 Å². The number of anilines is 1. The fourth-order valence-corrected chi connectivity index (χ4v) is 3.81. The summed E-state index contributed by atoms with van der Waals surface area (Å²) in [5.41, 5.74) is 1.95. The quantitative estimate of drug-likeness (QED) is 0.428. The van der Waals surface area contributed by atoms with E-state index in [2.05, 4.69) is 16.9 Å². The number of benzene rings is 2. The second kappa shape index (κ2) is 8.70. The van der Waals surface area contributed by atoms with E-state index in [9.17, 15) is 18.0 Å². The highest BCUT2D eigenvalue weighted by molar-refractivity contribution is 6.08. The van der Waals surface area contributed by atoms with Gasteiger partial charge >= 0.3 is 6.18 Å². The highest BCUT2D eigenvalue weighted by Crippen LogP contribution is 2.41. The van der Waals surface area contributed by atoms with E-state index >= 15 is 0 Å². The molecule has 0 aliphatic heterocycles. The summed E-state index contributed by atoms with van der Waals surface area (Å²) < 4.78 is 44.2. The number of aliphatic hydroxyl groups is 1. The van der Waals surface area contributed by atoms with Crippen LogP contribution >= 0.6 is 0 Å². The predicted octanol–water partition coefficient (Wildman–Crippen LogP) is 5.39. The van der Waals surface area contributed by atoms with Crippen molar-refractivity contribution in [3.8, 4) is 5.75 Å². The Bertz CT molecular complexity index is 1130. The van der Waals surface area contributed by atoms with E-state index < -0.39 is 11.7 Å². The third-order valence-electron chi connectivity index (χ3n) is 5.74. The van der Waals surface area contributed by atoms with E-state index in [-0.39, 0.29) is 36.5 Å². The molecule has 1 fully saturated rings. The first-order valence-corrected chi connectivity index (χ1v) is 10.3. The molecule has 0 spiro atoms. The number of rotatable bonds is 7. The molecule has 1 aliphatic rings. The molecule has 5 nitrogen and oxygen atoms in total. The van der Waals surface area contributed by atoms with Gasteiger partial charge in [-0.2, -0.15) is 13.2 Å². The molecule has 1 aliphatic carbocycles. The van der Waals surface area contributed by atoms with Gasteiger partial charge in [-0.3, -0.25) is 4.79 Å². The van der Waals surface area contributed by atoms with Crippen molar-refractivity contribution in [3.05, 3.63) is 71.9 Å². The van der Waals surface area contributed by atoms with E-state index in [0.717, 1.165) is 41.4 Å². The van der Waals surface area contributed by atoms with Gasteiger partial charge in [-0.25, -0.2) is 0 Å². The van der Waals surface area contributed by atoms with Gasteiger partial charge in [-0.1, -0.05) is 18.7 Å². The van der Waals surface area contributed by atoms with Crippen LogP contribution in [0.2, 0.25) is 0 Å². The van der Waals surface area contributed by atoms with Crippen molar-refractivity contribution in [2.24, 2.45) is 0 Å². The van der Waals surface area contributed by atoms with Gasteiger partial charge in [0, 0.05) is 35.7 Å². The largest absolute Gasteiger partial charge is 0.490 e. The minimum Gasteiger partial charge on any atom is -0.490 e. The van der Waals surface area contributed by atoms with E-state index in [1.807, 2.05) is 18.2 Å². The first-order valence-electron chi connectivity index (χ1n) is 10.3. The Hall–Kier alpha value is -3.26. The van der Waals surface area contributed by atoms with Crippen molar-refractivity contribution in [1.82, 2.24) is 4.98 Å². The molecule has 0 saturated heterocycles. The van der Waals surface area contributed by atoms with Crippen LogP contribution in [0.1, 0.15) is 36.3 Å². The number of fused-ring (bicyclic) bond motifs is 1. The summed E-state index contributed by atoms with van der Waals surface area (Å²) in [6.07, 6.45) is -1.03. The molecule has 1 amide bonds. The number of aliphatic hydroxyl groups excluding tert-OH is 1. The van der Waals surface area contributed by atoms with Crippen molar-refractivity contribution >= 4 is 22.5 Å². The zero-order chi connectivity index (χ0) is 22.9. The molecule has 1 saturated carbocycles. The molecule has 4 rings (SSSR count). The Morgan fingerprint density at radius 1 is 1.19 bits per heavy atom. The number of aromatic amines is 1. The van der Waals surface area contributed by atoms with Crippen molar-refractivity contribution in [3.63, 3.8) is 0 Å². The van der Waals surface area contributed by atoms with Crippen molar-refractivity contribution < 1.29 is 27.8 Å². The number of nitrogens with one attached hydrogen (secondary N) is 2. The van der Waals surface area contributed by atoms with Gasteiger partial charge in [0.25, 0.3) is 5.91 Å². The van der Waals surface area contributed by atoms with Crippen molar-refractivity contribution in [2.75, 3.05) is 11.9 Å². The smallest absolute Gasteiger partial charge is 0.416 e. The summed E-state index contributed by atoms with van der Waals surface area (Å²) in [5, 5.41) is 12.5. The van der Waals surface area contributed by atoms with Crippen LogP contribution in [-0.4, -0.2) is 28.7 Å². The van der Waals surface area contributed by atoms with Crippen LogP contribution in [0.4, 0.5) is 18.9 Å². The number of ether oxygens (including phenoxy) is 1. The minimum absolute atomic E-state index is 0.0268. The summed E-state index contributed by atoms with van der Waals surface area (Å²) in [4.78, 5) is 15.3. The zero-order valence-electron chi connectivity index (χ0n) is 17.2. The zero-order valence-corrected chi connectivity index (χ0v) is 17.2. The number of H-pyrrole nitrogens is 1. The Morgan fingerprint density at radius 2 is 1.91 bits per heavy atom. The van der Waals surface area contributed by atoms with Gasteiger partial charge < -0.3 is 20.1 Å². The Morgan fingerprint density at radius 3 is 2.56 bits per heavy atom. The maximum absolute atomic E-state index is 12.7. The molecular formula is C24H23F3N2O3. The molecule has 8 heteroatoms. The van der Waals surface area contributed by atoms with Crippen LogP contribution < -0.4 is 10.1 Å². The Balaban J connectivity index is 1.38. The lowest BCUT2D eigenvalue weighted by atomic mass is 9.77. The van der Waals surface area contributed by atoms with Crippen molar-refractivity contribution in [2.45, 2.75) is 37.5 Å². The van der Waals surface area contributed by atoms with Crippen molar-refractivity contribution in [1.29, 1.82) is 0 Å². The molecular weight excluding hydrogens is 421 g/mol. The molecule has 1 aromatic heterocycles. The van der Waals surface area contributed by atoms with E-state index in [4.69, 9.17) is 9.84 Å². The lowest BCUT2D eigenvalue weighted by molar-refractivity contribution is -0.137. The molecule has 0 radical (unpaired) electrons. The SMILES string of the molecule is C=C(CCO)C(=O)Nc1c[nH]c2ccc(O[C@H]3C[C@@H](c4ccc(C(F)(F)F)cc4)C3)cc12. The molecule has 3 aromatic rings. The lowest BCUT2D eigenvalue weighted by Gasteiger charge is -2.35. The molecule has 32 heavy (non-hydrogen) atoms.